The zero-order chi connectivity index (χ0) is 20.4. The van der Waals surface area contributed by atoms with Crippen LogP contribution in [0.25, 0.3) is 0 Å². The highest BCUT2D eigenvalue weighted by Gasteiger charge is 2.17. The van der Waals surface area contributed by atoms with E-state index in [2.05, 4.69) is 28.4 Å². The van der Waals surface area contributed by atoms with E-state index in [0.717, 1.165) is 37.3 Å². The molecule has 1 heterocycles. The predicted molar refractivity (Wildman–Crippen MR) is 109 cm³/mol. The lowest BCUT2D eigenvalue weighted by Crippen LogP contribution is -2.30. The molecule has 0 spiro atoms. The van der Waals surface area contributed by atoms with Gasteiger partial charge in [-0.1, -0.05) is 24.3 Å². The first-order valence-corrected chi connectivity index (χ1v) is 9.26. The summed E-state index contributed by atoms with van der Waals surface area (Å²) in [6.07, 6.45) is 1.29. The van der Waals surface area contributed by atoms with Gasteiger partial charge in [-0.25, -0.2) is 4.39 Å². The van der Waals surface area contributed by atoms with E-state index in [4.69, 9.17) is 0 Å². The van der Waals surface area contributed by atoms with Crippen LogP contribution in [0, 0.1) is 5.82 Å². The standard InChI is InChI=1S/C23H19FN2O3/c24-21-12-17(11-18(14-27)22(21)28)23(29)25-19-5-7-20(8-6-19)26-10-9-15-3-1-2-4-16(15)13-26/h1-8,11-12,14,28H,9-10,13H2,(H,25,29). The van der Waals surface area contributed by atoms with Crippen molar-refractivity contribution in [2.45, 2.75) is 13.0 Å². The Bertz CT molecular complexity index is 1080. The number of nitrogens with zero attached hydrogens (tertiary/aromatic N) is 1. The maximum absolute atomic E-state index is 13.7. The summed E-state index contributed by atoms with van der Waals surface area (Å²) >= 11 is 0. The largest absolute Gasteiger partial charge is 0.504 e. The number of aromatic hydroxyl groups is 1. The fourth-order valence-electron chi connectivity index (χ4n) is 3.52. The summed E-state index contributed by atoms with van der Waals surface area (Å²) in [5, 5.41) is 12.1. The zero-order valence-electron chi connectivity index (χ0n) is 15.6. The van der Waals surface area contributed by atoms with Crippen molar-refractivity contribution in [3.8, 4) is 5.75 Å². The number of hydrogen-bond donors (Lipinski definition) is 2. The molecule has 0 saturated carbocycles. The number of anilines is 2. The van der Waals surface area contributed by atoms with Gasteiger partial charge in [0.2, 0.25) is 0 Å². The Hall–Kier alpha value is -3.67. The van der Waals surface area contributed by atoms with Gasteiger partial charge < -0.3 is 15.3 Å². The summed E-state index contributed by atoms with van der Waals surface area (Å²) in [4.78, 5) is 25.6. The van der Waals surface area contributed by atoms with E-state index in [1.165, 1.54) is 11.1 Å². The Morgan fingerprint density at radius 3 is 2.52 bits per heavy atom. The minimum absolute atomic E-state index is 0.0425. The zero-order valence-corrected chi connectivity index (χ0v) is 15.6. The van der Waals surface area contributed by atoms with Gasteiger partial charge in [0.1, 0.15) is 0 Å². The normalized spacial score (nSPS) is 12.9. The third-order valence-corrected chi connectivity index (χ3v) is 5.10. The molecule has 2 N–H and O–H groups in total. The van der Waals surface area contributed by atoms with E-state index in [1.807, 2.05) is 18.2 Å². The minimum atomic E-state index is -1.01. The maximum atomic E-state index is 13.7. The molecule has 3 aromatic carbocycles. The Kier molecular flexibility index (Phi) is 4.99. The molecule has 0 unspecified atom stereocenters. The van der Waals surface area contributed by atoms with Crippen LogP contribution < -0.4 is 10.2 Å². The molecule has 0 aromatic heterocycles. The van der Waals surface area contributed by atoms with E-state index in [-0.39, 0.29) is 11.1 Å². The first-order valence-electron chi connectivity index (χ1n) is 9.26. The van der Waals surface area contributed by atoms with Crippen LogP contribution in [0.4, 0.5) is 15.8 Å². The van der Waals surface area contributed by atoms with Crippen LogP contribution in [0.15, 0.2) is 60.7 Å². The predicted octanol–water partition coefficient (Wildman–Crippen LogP) is 4.16. The number of aldehydes is 1. The van der Waals surface area contributed by atoms with Crippen LogP contribution >= 0.6 is 0 Å². The summed E-state index contributed by atoms with van der Waals surface area (Å²) in [6, 6.07) is 17.9. The number of hydrogen-bond acceptors (Lipinski definition) is 4. The van der Waals surface area contributed by atoms with Crippen molar-refractivity contribution in [3.05, 3.63) is 88.7 Å². The number of carbonyl (C=O) groups excluding carboxylic acids is 2. The molecular formula is C23H19FN2O3. The molecule has 1 aliphatic rings. The maximum Gasteiger partial charge on any atom is 0.255 e. The van der Waals surface area contributed by atoms with Crippen LogP contribution in [-0.4, -0.2) is 23.8 Å². The van der Waals surface area contributed by atoms with Crippen molar-refractivity contribution in [1.29, 1.82) is 0 Å². The van der Waals surface area contributed by atoms with Gasteiger partial charge in [0, 0.05) is 30.0 Å². The molecule has 4 rings (SSSR count). The molecule has 0 radical (unpaired) electrons. The highest BCUT2D eigenvalue weighted by Crippen LogP contribution is 2.26. The SMILES string of the molecule is O=Cc1cc(C(=O)Nc2ccc(N3CCc4ccccc4C3)cc2)cc(F)c1O. The van der Waals surface area contributed by atoms with Crippen molar-refractivity contribution in [2.75, 3.05) is 16.8 Å². The lowest BCUT2D eigenvalue weighted by molar-refractivity contribution is 0.102. The average Bonchev–Trinajstić information content (AvgIpc) is 2.75. The van der Waals surface area contributed by atoms with Crippen molar-refractivity contribution >= 4 is 23.6 Å². The Balaban J connectivity index is 1.47. The van der Waals surface area contributed by atoms with Crippen molar-refractivity contribution in [2.24, 2.45) is 0 Å². The van der Waals surface area contributed by atoms with Crippen LogP contribution in [-0.2, 0) is 13.0 Å². The molecule has 0 saturated heterocycles. The molecule has 1 aliphatic heterocycles. The molecule has 0 fully saturated rings. The Morgan fingerprint density at radius 1 is 1.07 bits per heavy atom. The van der Waals surface area contributed by atoms with E-state index in [9.17, 15) is 19.1 Å². The van der Waals surface area contributed by atoms with Crippen LogP contribution in [0.3, 0.4) is 0 Å². The summed E-state index contributed by atoms with van der Waals surface area (Å²) in [6.45, 7) is 1.76. The number of nitrogens with one attached hydrogen (secondary N) is 1. The molecule has 5 nitrogen and oxygen atoms in total. The molecular weight excluding hydrogens is 371 g/mol. The first-order chi connectivity index (χ1) is 14.0. The highest BCUT2D eigenvalue weighted by atomic mass is 19.1. The van der Waals surface area contributed by atoms with Crippen molar-refractivity contribution < 1.29 is 19.1 Å². The van der Waals surface area contributed by atoms with Gasteiger partial charge in [-0.05, 0) is 53.9 Å². The molecule has 3 aromatic rings. The fraction of sp³-hybridized carbons (Fsp3) is 0.130. The van der Waals surface area contributed by atoms with Gasteiger partial charge in [-0.15, -0.1) is 0 Å². The summed E-state index contributed by atoms with van der Waals surface area (Å²) in [7, 11) is 0. The minimum Gasteiger partial charge on any atom is -0.504 e. The summed E-state index contributed by atoms with van der Waals surface area (Å²) in [5.74, 6) is -2.34. The topological polar surface area (TPSA) is 69.6 Å². The van der Waals surface area contributed by atoms with Crippen LogP contribution in [0.1, 0.15) is 31.8 Å². The second kappa shape index (κ2) is 7.75. The number of fused-ring (bicyclic) bond motifs is 1. The number of carbonyl (C=O) groups is 2. The number of rotatable bonds is 4. The van der Waals surface area contributed by atoms with Gasteiger partial charge in [0.15, 0.2) is 17.9 Å². The van der Waals surface area contributed by atoms with Gasteiger partial charge in [0.25, 0.3) is 5.91 Å². The highest BCUT2D eigenvalue weighted by molar-refractivity contribution is 6.05. The summed E-state index contributed by atoms with van der Waals surface area (Å²) < 4.78 is 13.7. The Morgan fingerprint density at radius 2 is 1.79 bits per heavy atom. The molecule has 29 heavy (non-hydrogen) atoms. The molecule has 0 aliphatic carbocycles. The number of amides is 1. The second-order valence-corrected chi connectivity index (χ2v) is 6.96. The number of phenols is 1. The third-order valence-electron chi connectivity index (χ3n) is 5.10. The smallest absolute Gasteiger partial charge is 0.255 e. The Labute approximate surface area is 167 Å². The monoisotopic (exact) mass is 390 g/mol. The molecule has 146 valence electrons. The average molecular weight is 390 g/mol. The quantitative estimate of drug-likeness (QED) is 0.657. The molecule has 0 atom stereocenters. The van der Waals surface area contributed by atoms with Gasteiger partial charge in [0.05, 0.1) is 5.56 Å². The lowest BCUT2D eigenvalue weighted by Gasteiger charge is -2.30. The number of benzene rings is 3. The molecule has 0 bridgehead atoms. The number of phenolic OH excluding ortho intramolecular Hbond substituents is 1. The van der Waals surface area contributed by atoms with Gasteiger partial charge >= 0.3 is 0 Å². The van der Waals surface area contributed by atoms with Gasteiger partial charge in [-0.3, -0.25) is 9.59 Å². The van der Waals surface area contributed by atoms with E-state index in [1.54, 1.807) is 12.1 Å². The lowest BCUT2D eigenvalue weighted by atomic mass is 9.99. The van der Waals surface area contributed by atoms with Crippen molar-refractivity contribution in [1.82, 2.24) is 0 Å². The first kappa shape index (κ1) is 18.7. The van der Waals surface area contributed by atoms with E-state index < -0.39 is 17.5 Å². The van der Waals surface area contributed by atoms with Crippen molar-refractivity contribution in [3.63, 3.8) is 0 Å². The molecule has 6 heteroatoms. The second-order valence-electron chi connectivity index (χ2n) is 6.96. The van der Waals surface area contributed by atoms with Crippen LogP contribution in [0.2, 0.25) is 0 Å². The number of halogens is 1. The fourth-order valence-corrected chi connectivity index (χ4v) is 3.52. The van der Waals surface area contributed by atoms with Crippen LogP contribution in [0.5, 0.6) is 5.75 Å². The van der Waals surface area contributed by atoms with E-state index in [0.29, 0.717) is 12.0 Å². The van der Waals surface area contributed by atoms with E-state index >= 15 is 0 Å². The third kappa shape index (κ3) is 3.82. The van der Waals surface area contributed by atoms with Gasteiger partial charge in [-0.2, -0.15) is 0 Å². The molecule has 1 amide bonds. The summed E-state index contributed by atoms with van der Waals surface area (Å²) in [5.41, 5.74) is 3.99.